The lowest BCUT2D eigenvalue weighted by atomic mass is 10.3. The fourth-order valence-electron chi connectivity index (χ4n) is 1.62. The molecule has 5 nitrogen and oxygen atoms in total. The minimum Gasteiger partial charge on any atom is -0.481 e. The van der Waals surface area contributed by atoms with Crippen molar-refractivity contribution in [3.05, 3.63) is 23.0 Å². The molecule has 2 heterocycles. The summed E-state index contributed by atoms with van der Waals surface area (Å²) in [6, 6.07) is 0.302. The number of carbonyl (C=O) groups is 1. The van der Waals surface area contributed by atoms with Gasteiger partial charge in [0.25, 0.3) is 0 Å². The second kappa shape index (κ2) is 4.89. The Morgan fingerprint density at radius 3 is 2.83 bits per heavy atom. The third-order valence-corrected chi connectivity index (χ3v) is 3.48. The maximum Gasteiger partial charge on any atom is 0.309 e. The van der Waals surface area contributed by atoms with E-state index in [0.717, 1.165) is 16.3 Å². The summed E-state index contributed by atoms with van der Waals surface area (Å²) in [7, 11) is 0. The van der Waals surface area contributed by atoms with E-state index in [-0.39, 0.29) is 6.42 Å². The molecule has 0 saturated carbocycles. The van der Waals surface area contributed by atoms with Crippen molar-refractivity contribution in [3.63, 3.8) is 0 Å². The van der Waals surface area contributed by atoms with Crippen LogP contribution in [0.3, 0.4) is 0 Å². The van der Waals surface area contributed by atoms with Crippen molar-refractivity contribution < 1.29 is 9.90 Å². The summed E-state index contributed by atoms with van der Waals surface area (Å²) in [5.41, 5.74) is 2.49. The molecule has 0 fully saturated rings. The molecule has 0 aliphatic carbocycles. The molecule has 0 aliphatic heterocycles. The number of hydrogen-bond acceptors (Lipinski definition) is 4. The molecule has 6 heteroatoms. The molecule has 0 saturated heterocycles. The molecule has 0 aromatic carbocycles. The van der Waals surface area contributed by atoms with Crippen LogP contribution in [0.2, 0.25) is 0 Å². The van der Waals surface area contributed by atoms with E-state index in [1.807, 2.05) is 17.8 Å². The van der Waals surface area contributed by atoms with Crippen LogP contribution in [0, 0.1) is 6.92 Å². The molecule has 18 heavy (non-hydrogen) atoms. The lowest BCUT2D eigenvalue weighted by Gasteiger charge is -2.02. The maximum atomic E-state index is 10.6. The quantitative estimate of drug-likeness (QED) is 0.922. The van der Waals surface area contributed by atoms with Gasteiger partial charge in [0.2, 0.25) is 0 Å². The second-order valence-electron chi connectivity index (χ2n) is 4.42. The Labute approximate surface area is 109 Å². The van der Waals surface area contributed by atoms with E-state index in [4.69, 9.17) is 5.11 Å². The highest BCUT2D eigenvalue weighted by Gasteiger charge is 2.13. The zero-order valence-corrected chi connectivity index (χ0v) is 11.4. The summed E-state index contributed by atoms with van der Waals surface area (Å²) >= 11 is 1.46. The minimum absolute atomic E-state index is 0.0339. The summed E-state index contributed by atoms with van der Waals surface area (Å²) in [5, 5.41) is 15.8. The Bertz CT molecular complexity index is 572. The highest BCUT2D eigenvalue weighted by molar-refractivity contribution is 7.13. The Hall–Kier alpha value is -1.69. The topological polar surface area (TPSA) is 68.0 Å². The standard InChI is InChI=1S/C12H15N3O2S/c1-7(2)15-5-10(8(3)14-15)12-13-9(6-18-12)4-11(16)17/h5-7H,4H2,1-3H3,(H,16,17). The summed E-state index contributed by atoms with van der Waals surface area (Å²) in [4.78, 5) is 15.0. The molecule has 0 atom stereocenters. The zero-order valence-electron chi connectivity index (χ0n) is 10.5. The number of nitrogens with zero attached hydrogens (tertiary/aromatic N) is 3. The van der Waals surface area contributed by atoms with Crippen molar-refractivity contribution in [2.24, 2.45) is 0 Å². The fraction of sp³-hybridized carbons (Fsp3) is 0.417. The van der Waals surface area contributed by atoms with E-state index < -0.39 is 5.97 Å². The molecule has 0 amide bonds. The van der Waals surface area contributed by atoms with Gasteiger partial charge in [0.15, 0.2) is 0 Å². The van der Waals surface area contributed by atoms with E-state index in [1.165, 1.54) is 11.3 Å². The number of aryl methyl sites for hydroxylation is 1. The molecule has 0 aliphatic rings. The molecule has 0 radical (unpaired) electrons. The summed E-state index contributed by atoms with van der Waals surface area (Å²) in [5.74, 6) is -0.860. The van der Waals surface area contributed by atoms with Gasteiger partial charge in [-0.1, -0.05) is 0 Å². The Balaban J connectivity index is 2.31. The molecule has 2 rings (SSSR count). The average molecular weight is 265 g/mol. The Kier molecular flexibility index (Phi) is 3.47. The number of carboxylic acid groups (broad SMARTS) is 1. The number of aromatic nitrogens is 3. The number of aliphatic carboxylic acids is 1. The maximum absolute atomic E-state index is 10.6. The first-order valence-electron chi connectivity index (χ1n) is 5.69. The Morgan fingerprint density at radius 1 is 1.56 bits per heavy atom. The van der Waals surface area contributed by atoms with Crippen molar-refractivity contribution in [2.75, 3.05) is 0 Å². The summed E-state index contributed by atoms with van der Waals surface area (Å²) in [6.45, 7) is 6.06. The van der Waals surface area contributed by atoms with E-state index in [0.29, 0.717) is 11.7 Å². The van der Waals surface area contributed by atoms with Gasteiger partial charge in [-0.25, -0.2) is 4.98 Å². The van der Waals surface area contributed by atoms with Crippen LogP contribution in [0.5, 0.6) is 0 Å². The average Bonchev–Trinajstić information content (AvgIpc) is 2.83. The van der Waals surface area contributed by atoms with Gasteiger partial charge in [0, 0.05) is 17.6 Å². The van der Waals surface area contributed by atoms with Gasteiger partial charge in [-0.2, -0.15) is 5.10 Å². The van der Waals surface area contributed by atoms with Gasteiger partial charge in [-0.05, 0) is 20.8 Å². The highest BCUT2D eigenvalue weighted by atomic mass is 32.1. The molecule has 0 spiro atoms. The second-order valence-corrected chi connectivity index (χ2v) is 5.27. The van der Waals surface area contributed by atoms with E-state index in [9.17, 15) is 4.79 Å². The number of rotatable bonds is 4. The van der Waals surface area contributed by atoms with Crippen LogP contribution in [0.4, 0.5) is 0 Å². The molecule has 0 unspecified atom stereocenters. The van der Waals surface area contributed by atoms with Crippen LogP contribution in [-0.2, 0) is 11.2 Å². The largest absolute Gasteiger partial charge is 0.481 e. The van der Waals surface area contributed by atoms with Crippen molar-refractivity contribution in [2.45, 2.75) is 33.2 Å². The van der Waals surface area contributed by atoms with Crippen LogP contribution in [0.25, 0.3) is 10.6 Å². The van der Waals surface area contributed by atoms with Gasteiger partial charge in [0.05, 0.1) is 23.4 Å². The van der Waals surface area contributed by atoms with Crippen molar-refractivity contribution >= 4 is 17.3 Å². The van der Waals surface area contributed by atoms with Crippen molar-refractivity contribution in [3.8, 4) is 10.6 Å². The van der Waals surface area contributed by atoms with Gasteiger partial charge in [-0.15, -0.1) is 11.3 Å². The van der Waals surface area contributed by atoms with E-state index >= 15 is 0 Å². The number of hydrogen-bond donors (Lipinski definition) is 1. The van der Waals surface area contributed by atoms with E-state index in [2.05, 4.69) is 23.9 Å². The Morgan fingerprint density at radius 2 is 2.28 bits per heavy atom. The van der Waals surface area contributed by atoms with Crippen LogP contribution in [0.15, 0.2) is 11.6 Å². The van der Waals surface area contributed by atoms with Crippen molar-refractivity contribution in [1.29, 1.82) is 0 Å². The molecule has 0 bridgehead atoms. The van der Waals surface area contributed by atoms with Gasteiger partial charge in [-0.3, -0.25) is 9.48 Å². The van der Waals surface area contributed by atoms with Crippen LogP contribution >= 0.6 is 11.3 Å². The predicted octanol–water partition coefficient (Wildman–Crippen LogP) is 2.52. The molecular formula is C12H15N3O2S. The third kappa shape index (κ3) is 2.59. The van der Waals surface area contributed by atoms with Crippen LogP contribution in [-0.4, -0.2) is 25.8 Å². The first-order chi connectivity index (χ1) is 8.47. The zero-order chi connectivity index (χ0) is 13.3. The molecule has 2 aromatic rings. The normalized spacial score (nSPS) is 11.1. The van der Waals surface area contributed by atoms with E-state index in [1.54, 1.807) is 5.38 Å². The lowest BCUT2D eigenvalue weighted by Crippen LogP contribution is -2.00. The monoisotopic (exact) mass is 265 g/mol. The predicted molar refractivity (Wildman–Crippen MR) is 69.8 cm³/mol. The smallest absolute Gasteiger partial charge is 0.309 e. The number of thiazole rings is 1. The van der Waals surface area contributed by atoms with Gasteiger partial charge < -0.3 is 5.11 Å². The molecule has 2 aromatic heterocycles. The van der Waals surface area contributed by atoms with Crippen LogP contribution < -0.4 is 0 Å². The summed E-state index contributed by atoms with van der Waals surface area (Å²) in [6.07, 6.45) is 1.93. The SMILES string of the molecule is Cc1nn(C(C)C)cc1-c1nc(CC(=O)O)cs1. The van der Waals surface area contributed by atoms with Crippen LogP contribution in [0.1, 0.15) is 31.3 Å². The fourth-order valence-corrected chi connectivity index (χ4v) is 2.50. The lowest BCUT2D eigenvalue weighted by molar-refractivity contribution is -0.136. The number of carboxylic acids is 1. The molecule has 1 N–H and O–H groups in total. The first-order valence-corrected chi connectivity index (χ1v) is 6.57. The van der Waals surface area contributed by atoms with Crippen molar-refractivity contribution in [1.82, 2.24) is 14.8 Å². The molecular weight excluding hydrogens is 250 g/mol. The first kappa shape index (κ1) is 12.8. The minimum atomic E-state index is -0.860. The molecule has 96 valence electrons. The van der Waals surface area contributed by atoms with Gasteiger partial charge in [0.1, 0.15) is 5.01 Å². The highest BCUT2D eigenvalue weighted by Crippen LogP contribution is 2.27. The van der Waals surface area contributed by atoms with Gasteiger partial charge >= 0.3 is 5.97 Å². The summed E-state index contributed by atoms with van der Waals surface area (Å²) < 4.78 is 1.89. The third-order valence-electron chi connectivity index (χ3n) is 2.56.